The minimum Gasteiger partial charge on any atom is -0.466 e. The molecule has 0 spiro atoms. The number of hydrogen-bond donors (Lipinski definition) is 0. The Kier molecular flexibility index (Phi) is 5.18. The van der Waals surface area contributed by atoms with Crippen LogP contribution in [-0.4, -0.2) is 48.4 Å². The summed E-state index contributed by atoms with van der Waals surface area (Å²) in [4.78, 5) is 40.5. The first-order valence-corrected chi connectivity index (χ1v) is 8.86. The Morgan fingerprint density at radius 2 is 1.88 bits per heavy atom. The van der Waals surface area contributed by atoms with Gasteiger partial charge in [-0.3, -0.25) is 19.3 Å². The molecule has 2 amide bonds. The maximum absolute atomic E-state index is 12.9. The zero-order valence-corrected chi connectivity index (χ0v) is 14.7. The van der Waals surface area contributed by atoms with Crippen LogP contribution < -0.4 is 4.90 Å². The third-order valence-corrected chi connectivity index (χ3v) is 5.07. The summed E-state index contributed by atoms with van der Waals surface area (Å²) in [5, 5.41) is 0. The third-order valence-electron chi connectivity index (χ3n) is 5.07. The molecule has 6 nitrogen and oxygen atoms in total. The number of aryl methyl sites for hydroxylation is 1. The number of piperidine rings is 1. The van der Waals surface area contributed by atoms with Gasteiger partial charge in [-0.1, -0.05) is 18.2 Å². The fourth-order valence-corrected chi connectivity index (χ4v) is 3.68. The first kappa shape index (κ1) is 17.6. The first-order valence-electron chi connectivity index (χ1n) is 8.86. The van der Waals surface area contributed by atoms with Gasteiger partial charge in [0.15, 0.2) is 0 Å². The van der Waals surface area contributed by atoms with Crippen molar-refractivity contribution in [2.45, 2.75) is 39.2 Å². The lowest BCUT2D eigenvalue weighted by molar-refractivity contribution is -0.149. The molecule has 1 atom stereocenters. The zero-order valence-electron chi connectivity index (χ0n) is 14.7. The van der Waals surface area contributed by atoms with Crippen LogP contribution in [0.3, 0.4) is 0 Å². The third kappa shape index (κ3) is 3.44. The van der Waals surface area contributed by atoms with Crippen LogP contribution in [0.1, 0.15) is 31.7 Å². The van der Waals surface area contributed by atoms with Gasteiger partial charge in [-0.15, -0.1) is 0 Å². The van der Waals surface area contributed by atoms with Crippen LogP contribution in [0.15, 0.2) is 24.3 Å². The van der Waals surface area contributed by atoms with Gasteiger partial charge in [-0.05, 0) is 51.4 Å². The Morgan fingerprint density at radius 1 is 1.20 bits per heavy atom. The molecule has 2 heterocycles. The molecule has 0 aliphatic carbocycles. The van der Waals surface area contributed by atoms with E-state index in [4.69, 9.17) is 4.74 Å². The molecule has 3 rings (SSSR count). The summed E-state index contributed by atoms with van der Waals surface area (Å²) in [5.41, 5.74) is 1.58. The van der Waals surface area contributed by atoms with Gasteiger partial charge in [0.25, 0.3) is 5.91 Å². The molecule has 2 aliphatic heterocycles. The average molecular weight is 344 g/mol. The second-order valence-electron chi connectivity index (χ2n) is 6.64. The average Bonchev–Trinajstić information content (AvgIpc) is 2.90. The molecule has 1 aromatic carbocycles. The lowest BCUT2D eigenvalue weighted by Crippen LogP contribution is -2.47. The number of hydrogen-bond acceptors (Lipinski definition) is 5. The first-order chi connectivity index (χ1) is 12.0. The van der Waals surface area contributed by atoms with Crippen molar-refractivity contribution in [2.24, 2.45) is 5.92 Å². The highest BCUT2D eigenvalue weighted by Gasteiger charge is 2.44. The Hall–Kier alpha value is -2.21. The zero-order chi connectivity index (χ0) is 18.0. The topological polar surface area (TPSA) is 66.9 Å². The number of ether oxygens (including phenoxy) is 1. The van der Waals surface area contributed by atoms with E-state index < -0.39 is 6.04 Å². The molecular weight excluding hydrogens is 320 g/mol. The summed E-state index contributed by atoms with van der Waals surface area (Å²) in [6.07, 6.45) is 1.54. The number of para-hydroxylation sites is 1. The van der Waals surface area contributed by atoms with Crippen molar-refractivity contribution >= 4 is 23.5 Å². The van der Waals surface area contributed by atoms with Crippen LogP contribution in [0.2, 0.25) is 0 Å². The summed E-state index contributed by atoms with van der Waals surface area (Å²) >= 11 is 0. The molecular formula is C19H24N2O4. The number of anilines is 1. The van der Waals surface area contributed by atoms with Crippen molar-refractivity contribution in [2.75, 3.05) is 24.6 Å². The number of nitrogens with zero attached hydrogens (tertiary/aromatic N) is 2. The Labute approximate surface area is 147 Å². The fraction of sp³-hybridized carbons (Fsp3) is 0.526. The van der Waals surface area contributed by atoms with E-state index in [9.17, 15) is 14.4 Å². The van der Waals surface area contributed by atoms with Crippen LogP contribution in [0.25, 0.3) is 0 Å². The van der Waals surface area contributed by atoms with Crippen molar-refractivity contribution in [1.29, 1.82) is 0 Å². The molecule has 0 radical (unpaired) electrons. The lowest BCUT2D eigenvalue weighted by Gasteiger charge is -2.33. The molecule has 0 bridgehead atoms. The lowest BCUT2D eigenvalue weighted by atomic mass is 9.95. The molecule has 1 unspecified atom stereocenters. The van der Waals surface area contributed by atoms with E-state index in [1.165, 1.54) is 4.90 Å². The largest absolute Gasteiger partial charge is 0.466 e. The Bertz CT molecular complexity index is 680. The van der Waals surface area contributed by atoms with Gasteiger partial charge < -0.3 is 4.74 Å². The Morgan fingerprint density at radius 3 is 2.52 bits per heavy atom. The second kappa shape index (κ2) is 7.35. The van der Waals surface area contributed by atoms with Gasteiger partial charge in [-0.25, -0.2) is 4.90 Å². The van der Waals surface area contributed by atoms with Crippen molar-refractivity contribution in [1.82, 2.24) is 4.90 Å². The van der Waals surface area contributed by atoms with E-state index in [1.807, 2.05) is 30.0 Å². The van der Waals surface area contributed by atoms with E-state index in [2.05, 4.69) is 0 Å². The van der Waals surface area contributed by atoms with Crippen molar-refractivity contribution in [3.05, 3.63) is 29.8 Å². The van der Waals surface area contributed by atoms with Gasteiger partial charge in [0.05, 0.1) is 30.7 Å². The molecule has 2 saturated heterocycles. The smallest absolute Gasteiger partial charge is 0.309 e. The molecule has 6 heteroatoms. The Balaban J connectivity index is 1.67. The van der Waals surface area contributed by atoms with Crippen molar-refractivity contribution in [3.63, 3.8) is 0 Å². The number of esters is 1. The predicted molar refractivity (Wildman–Crippen MR) is 93.0 cm³/mol. The number of carbonyl (C=O) groups excluding carboxylic acids is 3. The summed E-state index contributed by atoms with van der Waals surface area (Å²) in [6.45, 7) is 5.35. The second-order valence-corrected chi connectivity index (χ2v) is 6.64. The van der Waals surface area contributed by atoms with Gasteiger partial charge >= 0.3 is 5.97 Å². The predicted octanol–water partition coefficient (Wildman–Crippen LogP) is 1.90. The number of benzene rings is 1. The molecule has 2 fully saturated rings. The SMILES string of the molecule is CCOC(=O)C1CCN(C2CC(=O)N(c3ccccc3C)C2=O)CC1. The fourth-order valence-electron chi connectivity index (χ4n) is 3.68. The number of amides is 2. The monoisotopic (exact) mass is 344 g/mol. The number of imide groups is 1. The van der Waals surface area contributed by atoms with E-state index in [1.54, 1.807) is 13.0 Å². The molecule has 0 aromatic heterocycles. The molecule has 0 saturated carbocycles. The summed E-state index contributed by atoms with van der Waals surface area (Å²) < 4.78 is 5.08. The van der Waals surface area contributed by atoms with Crippen LogP contribution in [0.5, 0.6) is 0 Å². The van der Waals surface area contributed by atoms with Gasteiger partial charge in [0.2, 0.25) is 5.91 Å². The van der Waals surface area contributed by atoms with E-state index in [-0.39, 0.29) is 30.1 Å². The highest BCUT2D eigenvalue weighted by atomic mass is 16.5. The van der Waals surface area contributed by atoms with Crippen LogP contribution in [0.4, 0.5) is 5.69 Å². The minimum atomic E-state index is -0.421. The minimum absolute atomic E-state index is 0.101. The van der Waals surface area contributed by atoms with E-state index >= 15 is 0 Å². The summed E-state index contributed by atoms with van der Waals surface area (Å²) in [5.74, 6) is -0.570. The van der Waals surface area contributed by atoms with Gasteiger partial charge in [0.1, 0.15) is 0 Å². The van der Waals surface area contributed by atoms with Crippen molar-refractivity contribution < 1.29 is 19.1 Å². The number of rotatable bonds is 4. The number of carbonyl (C=O) groups is 3. The van der Waals surface area contributed by atoms with Gasteiger partial charge in [-0.2, -0.15) is 0 Å². The summed E-state index contributed by atoms with van der Waals surface area (Å²) in [6, 6.07) is 7.01. The molecule has 134 valence electrons. The quantitative estimate of drug-likeness (QED) is 0.616. The standard InChI is InChI=1S/C19H24N2O4/c1-3-25-19(24)14-8-10-20(11-9-14)16-12-17(22)21(18(16)23)15-7-5-4-6-13(15)2/h4-7,14,16H,3,8-12H2,1-2H3. The normalized spacial score (nSPS) is 22.5. The molecule has 25 heavy (non-hydrogen) atoms. The van der Waals surface area contributed by atoms with Crippen LogP contribution >= 0.6 is 0 Å². The van der Waals surface area contributed by atoms with Crippen molar-refractivity contribution in [3.8, 4) is 0 Å². The molecule has 2 aliphatic rings. The molecule has 1 aromatic rings. The highest BCUT2D eigenvalue weighted by Crippen LogP contribution is 2.30. The van der Waals surface area contributed by atoms with E-state index in [0.717, 1.165) is 5.56 Å². The highest BCUT2D eigenvalue weighted by molar-refractivity contribution is 6.22. The van der Waals surface area contributed by atoms with Crippen LogP contribution in [-0.2, 0) is 19.1 Å². The van der Waals surface area contributed by atoms with Crippen LogP contribution in [0, 0.1) is 12.8 Å². The maximum atomic E-state index is 12.9. The maximum Gasteiger partial charge on any atom is 0.309 e. The van der Waals surface area contributed by atoms with E-state index in [0.29, 0.717) is 38.2 Å². The summed E-state index contributed by atoms with van der Waals surface area (Å²) in [7, 11) is 0. The molecule has 0 N–H and O–H groups in total. The van der Waals surface area contributed by atoms with Gasteiger partial charge in [0, 0.05) is 0 Å². The number of likely N-dealkylation sites (tertiary alicyclic amines) is 1.